The minimum Gasteiger partial charge on any atom is -0.312 e. The van der Waals surface area contributed by atoms with Gasteiger partial charge in [-0.3, -0.25) is 0 Å². The van der Waals surface area contributed by atoms with Crippen molar-refractivity contribution < 1.29 is 0 Å². The molecule has 1 N–H and O–H groups in total. The van der Waals surface area contributed by atoms with Gasteiger partial charge in [0.2, 0.25) is 0 Å². The molecule has 4 heteroatoms. The molecule has 1 heterocycles. The zero-order valence-corrected chi connectivity index (χ0v) is 15.1. The van der Waals surface area contributed by atoms with E-state index in [-0.39, 0.29) is 0 Å². The molecular weight excluding hydrogens is 332 g/mol. The van der Waals surface area contributed by atoms with E-state index >= 15 is 0 Å². The topological polar surface area (TPSA) is 24.9 Å². The summed E-state index contributed by atoms with van der Waals surface area (Å²) < 4.78 is 1.05. The van der Waals surface area contributed by atoms with Crippen molar-refractivity contribution in [3.05, 3.63) is 22.8 Å². The number of nitrogens with zero attached hydrogens (tertiary/aromatic N) is 1. The number of hydrogen-bond acceptors (Lipinski definition) is 3. The van der Waals surface area contributed by atoms with Crippen LogP contribution < -0.4 is 5.32 Å². The summed E-state index contributed by atoms with van der Waals surface area (Å²) in [5.41, 5.74) is 0.375. The number of thioether (sulfide) groups is 1. The minimum absolute atomic E-state index is 0.375. The van der Waals surface area contributed by atoms with Gasteiger partial charge in [0.1, 0.15) is 0 Å². The smallest absolute Gasteiger partial charge is 0.0963 e. The van der Waals surface area contributed by atoms with Crippen LogP contribution in [-0.2, 0) is 0 Å². The number of pyridine rings is 1. The van der Waals surface area contributed by atoms with Gasteiger partial charge in [-0.25, -0.2) is 4.98 Å². The molecule has 20 heavy (non-hydrogen) atoms. The van der Waals surface area contributed by atoms with Crippen molar-refractivity contribution in [1.82, 2.24) is 10.3 Å². The molecule has 0 spiro atoms. The van der Waals surface area contributed by atoms with Crippen LogP contribution in [0.2, 0.25) is 0 Å². The quantitative estimate of drug-likeness (QED) is 0.813. The summed E-state index contributed by atoms with van der Waals surface area (Å²) in [6, 6.07) is 4.78. The van der Waals surface area contributed by atoms with Gasteiger partial charge in [-0.1, -0.05) is 27.2 Å². The maximum Gasteiger partial charge on any atom is 0.0963 e. The summed E-state index contributed by atoms with van der Waals surface area (Å²) in [5, 5.41) is 5.55. The van der Waals surface area contributed by atoms with E-state index in [4.69, 9.17) is 0 Å². The summed E-state index contributed by atoms with van der Waals surface area (Å²) in [7, 11) is 0. The van der Waals surface area contributed by atoms with Gasteiger partial charge in [-0.05, 0) is 59.3 Å². The number of halogens is 1. The maximum absolute atomic E-state index is 4.52. The minimum atomic E-state index is 0.375. The van der Waals surface area contributed by atoms with Gasteiger partial charge in [0.15, 0.2) is 0 Å². The summed E-state index contributed by atoms with van der Waals surface area (Å²) in [4.78, 5) is 4.52. The first-order chi connectivity index (χ1) is 9.53. The van der Waals surface area contributed by atoms with Crippen molar-refractivity contribution in [3.63, 3.8) is 0 Å². The Morgan fingerprint density at radius 2 is 2.25 bits per heavy atom. The first-order valence-electron chi connectivity index (χ1n) is 7.54. The molecule has 0 saturated heterocycles. The Morgan fingerprint density at radius 1 is 1.45 bits per heavy atom. The van der Waals surface area contributed by atoms with Crippen molar-refractivity contribution >= 4 is 27.7 Å². The van der Waals surface area contributed by atoms with Crippen LogP contribution in [0.25, 0.3) is 0 Å². The number of nitrogens with one attached hydrogen (secondary N) is 1. The molecule has 1 aromatic heterocycles. The normalized spacial score (nSPS) is 25.6. The van der Waals surface area contributed by atoms with Crippen LogP contribution in [0.5, 0.6) is 0 Å². The molecule has 1 fully saturated rings. The van der Waals surface area contributed by atoms with Gasteiger partial charge in [-0.2, -0.15) is 0 Å². The van der Waals surface area contributed by atoms with Crippen LogP contribution in [-0.4, -0.2) is 22.8 Å². The lowest BCUT2D eigenvalue weighted by Gasteiger charge is -2.44. The number of aromatic nitrogens is 1. The van der Waals surface area contributed by atoms with Crippen molar-refractivity contribution in [1.29, 1.82) is 0 Å². The average Bonchev–Trinajstić information content (AvgIpc) is 2.40. The van der Waals surface area contributed by atoms with Crippen molar-refractivity contribution in [2.75, 3.05) is 6.54 Å². The lowest BCUT2D eigenvalue weighted by molar-refractivity contribution is 0.175. The van der Waals surface area contributed by atoms with E-state index in [0.29, 0.717) is 16.7 Å². The zero-order valence-electron chi connectivity index (χ0n) is 12.7. The molecule has 2 unspecified atom stereocenters. The van der Waals surface area contributed by atoms with E-state index < -0.39 is 0 Å². The molecular formula is C16H25BrN2S. The third-order valence-corrected chi connectivity index (χ3v) is 5.87. The van der Waals surface area contributed by atoms with Crippen LogP contribution in [0.15, 0.2) is 27.8 Å². The van der Waals surface area contributed by atoms with Crippen molar-refractivity contribution in [3.8, 4) is 0 Å². The van der Waals surface area contributed by atoms with Crippen molar-refractivity contribution in [2.45, 2.75) is 62.8 Å². The van der Waals surface area contributed by atoms with Crippen LogP contribution in [0.4, 0.5) is 0 Å². The fraction of sp³-hybridized carbons (Fsp3) is 0.688. The molecule has 112 valence electrons. The van der Waals surface area contributed by atoms with Crippen LogP contribution in [0, 0.1) is 5.41 Å². The highest BCUT2D eigenvalue weighted by Crippen LogP contribution is 2.42. The molecule has 0 bridgehead atoms. The predicted octanol–water partition coefficient (Wildman–Crippen LogP) is 4.88. The Balaban J connectivity index is 2.08. The highest BCUT2D eigenvalue weighted by Gasteiger charge is 2.39. The van der Waals surface area contributed by atoms with E-state index in [1.807, 2.05) is 18.0 Å². The lowest BCUT2D eigenvalue weighted by atomic mass is 9.73. The second kappa shape index (κ2) is 7.28. The van der Waals surface area contributed by atoms with Crippen LogP contribution in [0.1, 0.15) is 46.5 Å². The van der Waals surface area contributed by atoms with Gasteiger partial charge >= 0.3 is 0 Å². The fourth-order valence-corrected chi connectivity index (χ4v) is 4.70. The number of hydrogen-bond donors (Lipinski definition) is 1. The Kier molecular flexibility index (Phi) is 5.94. The van der Waals surface area contributed by atoms with E-state index in [0.717, 1.165) is 16.0 Å². The van der Waals surface area contributed by atoms with Gasteiger partial charge in [0.05, 0.1) is 5.03 Å². The highest BCUT2D eigenvalue weighted by atomic mass is 79.9. The first kappa shape index (κ1) is 16.3. The predicted molar refractivity (Wildman–Crippen MR) is 91.3 cm³/mol. The molecule has 0 aromatic carbocycles. The second-order valence-corrected chi connectivity index (χ2v) is 8.46. The van der Waals surface area contributed by atoms with Gasteiger partial charge in [-0.15, -0.1) is 11.8 Å². The van der Waals surface area contributed by atoms with Crippen LogP contribution in [0.3, 0.4) is 0 Å². The summed E-state index contributed by atoms with van der Waals surface area (Å²) >= 11 is 5.39. The Hall–Kier alpha value is -0.0600. The monoisotopic (exact) mass is 356 g/mol. The Morgan fingerprint density at radius 3 is 2.90 bits per heavy atom. The van der Waals surface area contributed by atoms with E-state index in [1.165, 1.54) is 25.7 Å². The van der Waals surface area contributed by atoms with E-state index in [9.17, 15) is 0 Å². The molecule has 2 rings (SSSR count). The Bertz CT molecular complexity index is 419. The molecule has 1 aromatic rings. The second-order valence-electron chi connectivity index (χ2n) is 6.28. The first-order valence-corrected chi connectivity index (χ1v) is 9.22. The zero-order chi connectivity index (χ0) is 14.6. The third kappa shape index (κ3) is 4.22. The third-order valence-electron chi connectivity index (χ3n) is 4.11. The standard InChI is InChI=1S/C16H25BrN2S/c1-4-10-18-15-13(6-5-9-16(15,2)3)20-14-8-7-12(17)11-19-14/h7-8,11,13,15,18H,4-6,9-10H2,1-3H3. The summed E-state index contributed by atoms with van der Waals surface area (Å²) in [5.74, 6) is 0. The fourth-order valence-electron chi connectivity index (χ4n) is 3.01. The Labute approximate surface area is 135 Å². The van der Waals surface area contributed by atoms with E-state index in [1.54, 1.807) is 0 Å². The summed E-state index contributed by atoms with van der Waals surface area (Å²) in [6.07, 6.45) is 7.02. The number of rotatable bonds is 5. The molecule has 1 aliphatic carbocycles. The molecule has 1 saturated carbocycles. The average molecular weight is 357 g/mol. The lowest BCUT2D eigenvalue weighted by Crippen LogP contribution is -2.51. The van der Waals surface area contributed by atoms with Crippen LogP contribution >= 0.6 is 27.7 Å². The van der Waals surface area contributed by atoms with E-state index in [2.05, 4.69) is 59.1 Å². The molecule has 2 nitrogen and oxygen atoms in total. The summed E-state index contributed by atoms with van der Waals surface area (Å²) in [6.45, 7) is 8.16. The highest BCUT2D eigenvalue weighted by molar-refractivity contribution is 9.10. The van der Waals surface area contributed by atoms with Crippen molar-refractivity contribution in [2.24, 2.45) is 5.41 Å². The largest absolute Gasteiger partial charge is 0.312 e. The maximum atomic E-state index is 4.52. The van der Waals surface area contributed by atoms with Gasteiger partial charge < -0.3 is 5.32 Å². The van der Waals surface area contributed by atoms with Gasteiger partial charge in [0, 0.05) is 22.0 Å². The molecule has 1 aliphatic rings. The molecule has 0 aliphatic heterocycles. The molecule has 2 atom stereocenters. The molecule has 0 amide bonds. The SMILES string of the molecule is CCCNC1C(Sc2ccc(Br)cn2)CCCC1(C)C. The molecule has 0 radical (unpaired) electrons. The van der Waals surface area contributed by atoms with Gasteiger partial charge in [0.25, 0.3) is 0 Å².